The van der Waals surface area contributed by atoms with Crippen LogP contribution >= 0.6 is 0 Å². The van der Waals surface area contributed by atoms with Gasteiger partial charge >= 0.3 is 0 Å². The van der Waals surface area contributed by atoms with Crippen molar-refractivity contribution in [3.05, 3.63) is 53.2 Å². The third-order valence-corrected chi connectivity index (χ3v) is 3.69. The number of halogens is 1. The fourth-order valence-electron chi connectivity index (χ4n) is 2.17. The number of amides is 1. The summed E-state index contributed by atoms with van der Waals surface area (Å²) in [5.74, 6) is -0.149. The molecule has 0 saturated heterocycles. The van der Waals surface area contributed by atoms with Gasteiger partial charge in [0.15, 0.2) is 5.60 Å². The van der Waals surface area contributed by atoms with E-state index in [-0.39, 0.29) is 12.1 Å². The van der Waals surface area contributed by atoms with Gasteiger partial charge in [-0.15, -0.1) is 0 Å². The highest BCUT2D eigenvalue weighted by atomic mass is 19.1. The number of nitrogens with two attached hydrogens (primary N) is 1. The quantitative estimate of drug-likeness (QED) is 0.875. The summed E-state index contributed by atoms with van der Waals surface area (Å²) in [7, 11) is 1.36. The number of benzene rings is 1. The van der Waals surface area contributed by atoms with Crippen LogP contribution in [0.15, 0.2) is 30.5 Å². The van der Waals surface area contributed by atoms with Crippen LogP contribution in [0.3, 0.4) is 0 Å². The van der Waals surface area contributed by atoms with Crippen LogP contribution in [0.25, 0.3) is 0 Å². The highest BCUT2D eigenvalue weighted by Gasteiger charge is 2.37. The molecular weight excluding hydrogens is 299 g/mol. The Labute approximate surface area is 133 Å². The highest BCUT2D eigenvalue weighted by molar-refractivity contribution is 5.86. The lowest BCUT2D eigenvalue weighted by molar-refractivity contribution is -0.143. The van der Waals surface area contributed by atoms with Crippen LogP contribution in [-0.2, 0) is 21.7 Å². The molecule has 23 heavy (non-hydrogen) atoms. The number of nitrogens with one attached hydrogen (secondary N) is 1. The van der Waals surface area contributed by atoms with E-state index < -0.39 is 17.3 Å². The van der Waals surface area contributed by atoms with Crippen LogP contribution in [0, 0.1) is 12.7 Å². The molecule has 0 aliphatic rings. The Kier molecular flexibility index (Phi) is 4.90. The topological polar surface area (TPSA) is 90.1 Å². The molecule has 2 aromatic rings. The van der Waals surface area contributed by atoms with E-state index >= 15 is 0 Å². The minimum absolute atomic E-state index is 0.123. The fourth-order valence-corrected chi connectivity index (χ4v) is 2.17. The minimum atomic E-state index is -1.45. The molecule has 7 heteroatoms. The molecule has 6 nitrogen and oxygen atoms in total. The van der Waals surface area contributed by atoms with Crippen LogP contribution in [0.1, 0.15) is 23.9 Å². The van der Waals surface area contributed by atoms with Crippen LogP contribution in [0.4, 0.5) is 10.2 Å². The molecule has 122 valence electrons. The standard InChI is InChI=1S/C16H19FN4O2/c1-10-19-8-11(14(18)21-10)9-20-15(22)16(2,23-3)12-6-4-5-7-13(12)17/h4-8H,9H2,1-3H3,(H,20,22)(H2,18,19,21)/t16-/m0/s1. The summed E-state index contributed by atoms with van der Waals surface area (Å²) in [6, 6.07) is 6.00. The molecule has 0 aliphatic carbocycles. The lowest BCUT2D eigenvalue weighted by Crippen LogP contribution is -2.44. The van der Waals surface area contributed by atoms with E-state index in [1.807, 2.05) is 0 Å². The molecule has 0 fully saturated rings. The van der Waals surface area contributed by atoms with E-state index in [0.717, 1.165) is 0 Å². The molecule has 1 aromatic carbocycles. The van der Waals surface area contributed by atoms with Crippen LogP contribution < -0.4 is 11.1 Å². The van der Waals surface area contributed by atoms with E-state index in [1.165, 1.54) is 26.2 Å². The molecular formula is C16H19FN4O2. The van der Waals surface area contributed by atoms with Crippen molar-refractivity contribution in [1.29, 1.82) is 0 Å². The van der Waals surface area contributed by atoms with Crippen LogP contribution in [0.2, 0.25) is 0 Å². The Morgan fingerprint density at radius 3 is 2.74 bits per heavy atom. The van der Waals surface area contributed by atoms with Gasteiger partial charge in [-0.3, -0.25) is 4.79 Å². The molecule has 0 saturated carbocycles. The summed E-state index contributed by atoms with van der Waals surface area (Å²) in [6.07, 6.45) is 1.55. The van der Waals surface area contributed by atoms with Gasteiger partial charge in [0.05, 0.1) is 0 Å². The third-order valence-electron chi connectivity index (χ3n) is 3.69. The molecule has 2 rings (SSSR count). The van der Waals surface area contributed by atoms with Gasteiger partial charge in [-0.05, 0) is 19.9 Å². The lowest BCUT2D eigenvalue weighted by atomic mass is 9.94. The predicted octanol–water partition coefficient (Wildman–Crippen LogP) is 1.68. The predicted molar refractivity (Wildman–Crippen MR) is 83.8 cm³/mol. The van der Waals surface area contributed by atoms with Gasteiger partial charge in [-0.2, -0.15) is 0 Å². The molecule has 0 unspecified atom stereocenters. The average Bonchev–Trinajstić information content (AvgIpc) is 2.53. The van der Waals surface area contributed by atoms with Gasteiger partial charge in [0.25, 0.3) is 5.91 Å². The molecule has 0 radical (unpaired) electrons. The Bertz CT molecular complexity index is 723. The minimum Gasteiger partial charge on any atom is -0.383 e. The Hall–Kier alpha value is -2.54. The van der Waals surface area contributed by atoms with Crippen molar-refractivity contribution < 1.29 is 13.9 Å². The van der Waals surface area contributed by atoms with E-state index in [2.05, 4.69) is 15.3 Å². The van der Waals surface area contributed by atoms with Crippen molar-refractivity contribution in [2.45, 2.75) is 26.0 Å². The normalized spacial score (nSPS) is 13.4. The molecule has 0 spiro atoms. The number of hydrogen-bond donors (Lipinski definition) is 2. The van der Waals surface area contributed by atoms with E-state index in [0.29, 0.717) is 17.2 Å². The molecule has 1 heterocycles. The van der Waals surface area contributed by atoms with Crippen LogP contribution in [0.5, 0.6) is 0 Å². The zero-order valence-electron chi connectivity index (χ0n) is 13.3. The smallest absolute Gasteiger partial charge is 0.256 e. The molecule has 0 aliphatic heterocycles. The number of ether oxygens (including phenoxy) is 1. The number of nitrogens with zero attached hydrogens (tertiary/aromatic N) is 2. The summed E-state index contributed by atoms with van der Waals surface area (Å²) in [4.78, 5) is 20.6. The maximum atomic E-state index is 14.0. The van der Waals surface area contributed by atoms with Crippen molar-refractivity contribution in [3.63, 3.8) is 0 Å². The summed E-state index contributed by atoms with van der Waals surface area (Å²) in [6.45, 7) is 3.35. The Morgan fingerprint density at radius 2 is 2.13 bits per heavy atom. The second-order valence-electron chi connectivity index (χ2n) is 5.23. The monoisotopic (exact) mass is 318 g/mol. The van der Waals surface area contributed by atoms with E-state index in [4.69, 9.17) is 10.5 Å². The highest BCUT2D eigenvalue weighted by Crippen LogP contribution is 2.27. The SMILES string of the molecule is CO[C@](C)(C(=O)NCc1cnc(C)nc1N)c1ccccc1F. The molecule has 0 bridgehead atoms. The largest absolute Gasteiger partial charge is 0.383 e. The molecule has 1 amide bonds. The molecule has 1 atom stereocenters. The first-order valence-electron chi connectivity index (χ1n) is 7.05. The summed E-state index contributed by atoms with van der Waals surface area (Å²) >= 11 is 0. The number of carbonyl (C=O) groups is 1. The maximum Gasteiger partial charge on any atom is 0.256 e. The zero-order chi connectivity index (χ0) is 17.0. The van der Waals surface area contributed by atoms with E-state index in [1.54, 1.807) is 25.3 Å². The van der Waals surface area contributed by atoms with Gasteiger partial charge in [0.1, 0.15) is 17.5 Å². The first kappa shape index (κ1) is 16.8. The van der Waals surface area contributed by atoms with Gasteiger partial charge in [-0.25, -0.2) is 14.4 Å². The Morgan fingerprint density at radius 1 is 1.43 bits per heavy atom. The van der Waals surface area contributed by atoms with Gasteiger partial charge in [0, 0.05) is 31.0 Å². The number of carbonyl (C=O) groups excluding carboxylic acids is 1. The van der Waals surface area contributed by atoms with Crippen LogP contribution in [-0.4, -0.2) is 23.0 Å². The molecule has 1 aromatic heterocycles. The number of aryl methyl sites for hydroxylation is 1. The maximum absolute atomic E-state index is 14.0. The average molecular weight is 318 g/mol. The second kappa shape index (κ2) is 6.70. The number of rotatable bonds is 5. The van der Waals surface area contributed by atoms with Gasteiger partial charge in [-0.1, -0.05) is 18.2 Å². The first-order valence-corrected chi connectivity index (χ1v) is 7.05. The number of hydrogen-bond acceptors (Lipinski definition) is 5. The second-order valence-corrected chi connectivity index (χ2v) is 5.23. The number of nitrogen functional groups attached to an aromatic ring is 1. The fraction of sp³-hybridized carbons (Fsp3) is 0.312. The van der Waals surface area contributed by atoms with Crippen molar-refractivity contribution in [2.24, 2.45) is 0 Å². The first-order chi connectivity index (χ1) is 10.9. The van der Waals surface area contributed by atoms with Crippen molar-refractivity contribution >= 4 is 11.7 Å². The summed E-state index contributed by atoms with van der Waals surface area (Å²) in [5.41, 5.74) is 5.08. The van der Waals surface area contributed by atoms with E-state index in [9.17, 15) is 9.18 Å². The Balaban J connectivity index is 2.19. The molecule has 3 N–H and O–H groups in total. The van der Waals surface area contributed by atoms with Gasteiger partial charge < -0.3 is 15.8 Å². The van der Waals surface area contributed by atoms with Crippen molar-refractivity contribution in [1.82, 2.24) is 15.3 Å². The lowest BCUT2D eigenvalue weighted by Gasteiger charge is -2.27. The number of anilines is 1. The zero-order valence-corrected chi connectivity index (χ0v) is 13.3. The summed E-state index contributed by atoms with van der Waals surface area (Å²) < 4.78 is 19.3. The third kappa shape index (κ3) is 3.45. The summed E-state index contributed by atoms with van der Waals surface area (Å²) in [5, 5.41) is 2.69. The van der Waals surface area contributed by atoms with Crippen molar-refractivity contribution in [3.8, 4) is 0 Å². The number of aromatic nitrogens is 2. The van der Waals surface area contributed by atoms with Crippen molar-refractivity contribution in [2.75, 3.05) is 12.8 Å². The van der Waals surface area contributed by atoms with Gasteiger partial charge in [0.2, 0.25) is 0 Å². The number of methoxy groups -OCH3 is 1.